The largest absolute Gasteiger partial charge is 0.348 e. The van der Waals surface area contributed by atoms with Gasteiger partial charge in [0.15, 0.2) is 6.29 Å². The number of ether oxygens (including phenoxy) is 2. The molecule has 0 saturated carbocycles. The van der Waals surface area contributed by atoms with Crippen LogP contribution in [0.5, 0.6) is 0 Å². The zero-order valence-electron chi connectivity index (χ0n) is 12.5. The van der Waals surface area contributed by atoms with Gasteiger partial charge >= 0.3 is 0 Å². The Morgan fingerprint density at radius 3 is 1.83 bits per heavy atom. The molecule has 2 heteroatoms. The van der Waals surface area contributed by atoms with Crippen LogP contribution in [0.2, 0.25) is 0 Å². The molecule has 0 aromatic carbocycles. The SMILES string of the molecule is C=C(C)COC(CCCCCCC)OCC(=C)C. The third kappa shape index (κ3) is 11.9. The van der Waals surface area contributed by atoms with E-state index < -0.39 is 0 Å². The summed E-state index contributed by atoms with van der Waals surface area (Å²) in [6.45, 7) is 15.0. The van der Waals surface area contributed by atoms with Gasteiger partial charge < -0.3 is 9.47 Å². The van der Waals surface area contributed by atoms with E-state index in [1.165, 1.54) is 25.7 Å². The average Bonchev–Trinajstić information content (AvgIpc) is 2.30. The Morgan fingerprint density at radius 2 is 1.39 bits per heavy atom. The third-order valence-electron chi connectivity index (χ3n) is 2.57. The molecule has 18 heavy (non-hydrogen) atoms. The maximum Gasteiger partial charge on any atom is 0.158 e. The third-order valence-corrected chi connectivity index (χ3v) is 2.57. The summed E-state index contributed by atoms with van der Waals surface area (Å²) in [6.07, 6.45) is 7.19. The molecule has 0 rings (SSSR count). The highest BCUT2D eigenvalue weighted by atomic mass is 16.7. The van der Waals surface area contributed by atoms with Crippen LogP contribution in [-0.2, 0) is 9.47 Å². The van der Waals surface area contributed by atoms with E-state index in [2.05, 4.69) is 20.1 Å². The molecule has 0 aliphatic heterocycles. The summed E-state index contributed by atoms with van der Waals surface area (Å²) < 4.78 is 11.4. The molecule has 0 amide bonds. The van der Waals surface area contributed by atoms with Crippen molar-refractivity contribution >= 4 is 0 Å². The molecule has 2 nitrogen and oxygen atoms in total. The Hall–Kier alpha value is -0.600. The molecule has 0 atom stereocenters. The maximum absolute atomic E-state index is 5.70. The number of rotatable bonds is 12. The smallest absolute Gasteiger partial charge is 0.158 e. The van der Waals surface area contributed by atoms with Crippen molar-refractivity contribution in [1.82, 2.24) is 0 Å². The Kier molecular flexibility index (Phi) is 11.1. The van der Waals surface area contributed by atoms with Crippen LogP contribution in [0, 0.1) is 0 Å². The average molecular weight is 254 g/mol. The second-order valence-corrected chi connectivity index (χ2v) is 5.17. The van der Waals surface area contributed by atoms with Gasteiger partial charge in [-0.2, -0.15) is 0 Å². The fraction of sp³-hybridized carbons (Fsp3) is 0.750. The predicted octanol–water partition coefficient (Wildman–Crippen LogP) is 4.86. The first kappa shape index (κ1) is 17.4. The van der Waals surface area contributed by atoms with Crippen molar-refractivity contribution in [3.8, 4) is 0 Å². The van der Waals surface area contributed by atoms with Crippen molar-refractivity contribution in [2.75, 3.05) is 13.2 Å². The van der Waals surface area contributed by atoms with Crippen LogP contribution < -0.4 is 0 Å². The van der Waals surface area contributed by atoms with Gasteiger partial charge in [0, 0.05) is 0 Å². The van der Waals surface area contributed by atoms with Gasteiger partial charge in [0.1, 0.15) is 0 Å². The highest BCUT2D eigenvalue weighted by Gasteiger charge is 2.09. The Morgan fingerprint density at radius 1 is 0.889 bits per heavy atom. The summed E-state index contributed by atoms with van der Waals surface area (Å²) in [5.41, 5.74) is 2.06. The fourth-order valence-corrected chi connectivity index (χ4v) is 1.60. The molecule has 0 aliphatic rings. The van der Waals surface area contributed by atoms with Gasteiger partial charge in [0.25, 0.3) is 0 Å². The van der Waals surface area contributed by atoms with Gasteiger partial charge in [-0.25, -0.2) is 0 Å². The zero-order chi connectivity index (χ0) is 13.8. The molecule has 0 spiro atoms. The van der Waals surface area contributed by atoms with Crippen molar-refractivity contribution in [2.45, 2.75) is 65.6 Å². The minimum Gasteiger partial charge on any atom is -0.348 e. The summed E-state index contributed by atoms with van der Waals surface area (Å²) in [4.78, 5) is 0. The van der Waals surface area contributed by atoms with E-state index in [-0.39, 0.29) is 6.29 Å². The second-order valence-electron chi connectivity index (χ2n) is 5.17. The van der Waals surface area contributed by atoms with Gasteiger partial charge in [-0.3, -0.25) is 0 Å². The first-order valence-electron chi connectivity index (χ1n) is 7.08. The van der Waals surface area contributed by atoms with Crippen LogP contribution in [0.1, 0.15) is 59.3 Å². The van der Waals surface area contributed by atoms with E-state index in [1.807, 2.05) is 13.8 Å². The van der Waals surface area contributed by atoms with Crippen molar-refractivity contribution in [3.05, 3.63) is 24.3 Å². The molecule has 0 saturated heterocycles. The van der Waals surface area contributed by atoms with Crippen molar-refractivity contribution in [2.24, 2.45) is 0 Å². The molecule has 0 bridgehead atoms. The standard InChI is InChI=1S/C16H30O2/c1-6-7-8-9-10-11-16(17-12-14(2)3)18-13-15(4)5/h16H,2,4,6-13H2,1,3,5H3. The minimum absolute atomic E-state index is 0.111. The van der Waals surface area contributed by atoms with E-state index in [1.54, 1.807) is 0 Å². The number of hydrogen-bond donors (Lipinski definition) is 0. The van der Waals surface area contributed by atoms with Crippen LogP contribution in [0.15, 0.2) is 24.3 Å². The van der Waals surface area contributed by atoms with Crippen molar-refractivity contribution in [1.29, 1.82) is 0 Å². The molecular weight excluding hydrogens is 224 g/mol. The second kappa shape index (κ2) is 11.5. The fourth-order valence-electron chi connectivity index (χ4n) is 1.60. The highest BCUT2D eigenvalue weighted by molar-refractivity contribution is 4.89. The molecule has 0 aliphatic carbocycles. The first-order chi connectivity index (χ1) is 8.56. The molecule has 0 aromatic heterocycles. The number of unbranched alkanes of at least 4 members (excludes halogenated alkanes) is 4. The molecule has 0 radical (unpaired) electrons. The molecular formula is C16H30O2. The van der Waals surface area contributed by atoms with Crippen LogP contribution in [0.4, 0.5) is 0 Å². The monoisotopic (exact) mass is 254 g/mol. The Bertz CT molecular complexity index is 215. The Balaban J connectivity index is 3.80. The number of hydrogen-bond acceptors (Lipinski definition) is 2. The predicted molar refractivity (Wildman–Crippen MR) is 78.7 cm³/mol. The molecule has 0 aromatic rings. The highest BCUT2D eigenvalue weighted by Crippen LogP contribution is 2.12. The van der Waals surface area contributed by atoms with Gasteiger partial charge in [-0.15, -0.1) is 0 Å². The topological polar surface area (TPSA) is 18.5 Å². The molecule has 0 unspecified atom stereocenters. The van der Waals surface area contributed by atoms with Gasteiger partial charge in [-0.1, -0.05) is 56.9 Å². The lowest BCUT2D eigenvalue weighted by Gasteiger charge is -2.18. The summed E-state index contributed by atoms with van der Waals surface area (Å²) in [7, 11) is 0. The van der Waals surface area contributed by atoms with Gasteiger partial charge in [0.05, 0.1) is 13.2 Å². The lowest BCUT2D eigenvalue weighted by atomic mass is 10.1. The van der Waals surface area contributed by atoms with Gasteiger partial charge in [-0.05, 0) is 26.7 Å². The zero-order valence-corrected chi connectivity index (χ0v) is 12.5. The molecule has 0 N–H and O–H groups in total. The molecule has 0 heterocycles. The summed E-state index contributed by atoms with van der Waals surface area (Å²) in [5.74, 6) is 0. The summed E-state index contributed by atoms with van der Waals surface area (Å²) >= 11 is 0. The van der Waals surface area contributed by atoms with Crippen LogP contribution >= 0.6 is 0 Å². The normalized spacial score (nSPS) is 10.9. The van der Waals surface area contributed by atoms with E-state index in [9.17, 15) is 0 Å². The van der Waals surface area contributed by atoms with E-state index in [0.717, 1.165) is 24.0 Å². The lowest BCUT2D eigenvalue weighted by molar-refractivity contribution is -0.134. The summed E-state index contributed by atoms with van der Waals surface area (Å²) in [6, 6.07) is 0. The van der Waals surface area contributed by atoms with Crippen molar-refractivity contribution < 1.29 is 9.47 Å². The summed E-state index contributed by atoms with van der Waals surface area (Å²) in [5, 5.41) is 0. The Labute approximate surface area is 113 Å². The van der Waals surface area contributed by atoms with E-state index in [0.29, 0.717) is 13.2 Å². The van der Waals surface area contributed by atoms with E-state index in [4.69, 9.17) is 9.47 Å². The minimum atomic E-state index is -0.111. The lowest BCUT2D eigenvalue weighted by Crippen LogP contribution is -2.19. The molecule has 106 valence electrons. The van der Waals surface area contributed by atoms with Gasteiger partial charge in [0.2, 0.25) is 0 Å². The van der Waals surface area contributed by atoms with Crippen molar-refractivity contribution in [3.63, 3.8) is 0 Å². The van der Waals surface area contributed by atoms with Crippen LogP contribution in [0.25, 0.3) is 0 Å². The maximum atomic E-state index is 5.70. The molecule has 0 fully saturated rings. The first-order valence-corrected chi connectivity index (χ1v) is 7.08. The van der Waals surface area contributed by atoms with E-state index >= 15 is 0 Å². The van der Waals surface area contributed by atoms with Crippen LogP contribution in [-0.4, -0.2) is 19.5 Å². The quantitative estimate of drug-likeness (QED) is 0.281. The van der Waals surface area contributed by atoms with Crippen LogP contribution in [0.3, 0.4) is 0 Å².